The lowest BCUT2D eigenvalue weighted by molar-refractivity contribution is 1.04. The maximum Gasteiger partial charge on any atom is 0.0684 e. The fourth-order valence-electron chi connectivity index (χ4n) is 1.56. The Hall–Kier alpha value is -1.70. The molecule has 2 nitrogen and oxygen atoms in total. The van der Waals surface area contributed by atoms with Gasteiger partial charge in [0.2, 0.25) is 0 Å². The third-order valence-electron chi connectivity index (χ3n) is 2.25. The van der Waals surface area contributed by atoms with Crippen molar-refractivity contribution in [1.82, 2.24) is 4.57 Å². The van der Waals surface area contributed by atoms with Crippen molar-refractivity contribution in [1.29, 1.82) is 0 Å². The first-order valence-electron chi connectivity index (χ1n) is 4.69. The van der Waals surface area contributed by atoms with Crippen molar-refractivity contribution < 1.29 is 0 Å². The summed E-state index contributed by atoms with van der Waals surface area (Å²) in [6.07, 6.45) is 4.12. The van der Waals surface area contributed by atoms with Gasteiger partial charge in [-0.1, -0.05) is 12.1 Å². The third kappa shape index (κ3) is 1.51. The largest absolute Gasteiger partial charge is 0.376 e. The van der Waals surface area contributed by atoms with E-state index in [4.69, 9.17) is 0 Å². The van der Waals surface area contributed by atoms with Crippen LogP contribution in [0.3, 0.4) is 0 Å². The van der Waals surface area contributed by atoms with Crippen LogP contribution < -0.4 is 4.90 Å². The highest BCUT2D eigenvalue weighted by atomic mass is 15.1. The van der Waals surface area contributed by atoms with Crippen molar-refractivity contribution in [2.24, 2.45) is 0 Å². The summed E-state index contributed by atoms with van der Waals surface area (Å²) < 4.78 is 2.12. The van der Waals surface area contributed by atoms with Crippen molar-refractivity contribution >= 4 is 5.69 Å². The fraction of sp³-hybridized carbons (Fsp3) is 0.167. The molecule has 0 saturated heterocycles. The zero-order chi connectivity index (χ0) is 9.97. The zero-order valence-electron chi connectivity index (χ0n) is 8.51. The van der Waals surface area contributed by atoms with Crippen LogP contribution in [0.5, 0.6) is 0 Å². The van der Waals surface area contributed by atoms with Gasteiger partial charge in [-0.05, 0) is 24.3 Å². The Labute approximate surface area is 84.4 Å². The van der Waals surface area contributed by atoms with Gasteiger partial charge in [0.25, 0.3) is 0 Å². The molecule has 72 valence electrons. The molecule has 0 aliphatic carbocycles. The van der Waals surface area contributed by atoms with Gasteiger partial charge < -0.3 is 9.47 Å². The van der Waals surface area contributed by atoms with Gasteiger partial charge in [0, 0.05) is 26.5 Å². The van der Waals surface area contributed by atoms with Gasteiger partial charge in [0.1, 0.15) is 0 Å². The van der Waals surface area contributed by atoms with Crippen LogP contribution in [0, 0.1) is 0 Å². The molecule has 0 fully saturated rings. The summed E-state index contributed by atoms with van der Waals surface area (Å²) in [5.41, 5.74) is 2.44. The molecule has 1 heterocycles. The number of rotatable bonds is 2. The first-order chi connectivity index (χ1) is 6.79. The second-order valence-electron chi connectivity index (χ2n) is 3.47. The van der Waals surface area contributed by atoms with Gasteiger partial charge in [-0.25, -0.2) is 0 Å². The van der Waals surface area contributed by atoms with Gasteiger partial charge in [0.15, 0.2) is 0 Å². The molecule has 2 rings (SSSR count). The summed E-state index contributed by atoms with van der Waals surface area (Å²) in [7, 11) is 4.12. The lowest BCUT2D eigenvalue weighted by atomic mass is 10.2. The normalized spacial score (nSPS) is 10.1. The van der Waals surface area contributed by atoms with Crippen molar-refractivity contribution in [3.63, 3.8) is 0 Å². The van der Waals surface area contributed by atoms with E-state index >= 15 is 0 Å². The minimum Gasteiger partial charge on any atom is -0.376 e. The smallest absolute Gasteiger partial charge is 0.0684 e. The van der Waals surface area contributed by atoms with E-state index in [0.29, 0.717) is 0 Å². The Kier molecular flexibility index (Phi) is 2.27. The number of anilines is 1. The molecular weight excluding hydrogens is 172 g/mol. The molecule has 0 saturated carbocycles. The van der Waals surface area contributed by atoms with Crippen LogP contribution in [0.15, 0.2) is 48.8 Å². The summed E-state index contributed by atoms with van der Waals surface area (Å²) in [5, 5.41) is 0. The number of aromatic nitrogens is 1. The molecule has 2 heteroatoms. The van der Waals surface area contributed by atoms with Crippen LogP contribution in [0.1, 0.15) is 0 Å². The number of nitrogens with zero attached hydrogens (tertiary/aromatic N) is 2. The molecule has 0 radical (unpaired) electrons. The highest BCUT2D eigenvalue weighted by molar-refractivity contribution is 5.62. The van der Waals surface area contributed by atoms with Crippen LogP contribution in [-0.2, 0) is 0 Å². The number of para-hydroxylation sites is 2. The SMILES string of the molecule is CN(C)c1ccccc1-n1cccc1. The lowest BCUT2D eigenvalue weighted by Gasteiger charge is -2.17. The van der Waals surface area contributed by atoms with Gasteiger partial charge in [-0.2, -0.15) is 0 Å². The Balaban J connectivity index is 2.53. The Bertz CT molecular complexity index is 402. The van der Waals surface area contributed by atoms with Crippen molar-refractivity contribution in [2.75, 3.05) is 19.0 Å². The average molecular weight is 186 g/mol. The monoisotopic (exact) mass is 186 g/mol. The molecule has 0 amide bonds. The number of hydrogen-bond acceptors (Lipinski definition) is 1. The number of benzene rings is 1. The quantitative estimate of drug-likeness (QED) is 0.699. The van der Waals surface area contributed by atoms with Crippen molar-refractivity contribution in [3.8, 4) is 5.69 Å². The van der Waals surface area contributed by atoms with E-state index in [-0.39, 0.29) is 0 Å². The molecule has 14 heavy (non-hydrogen) atoms. The van der Waals surface area contributed by atoms with Gasteiger partial charge >= 0.3 is 0 Å². The Morgan fingerprint density at radius 2 is 1.57 bits per heavy atom. The maximum atomic E-state index is 2.12. The summed E-state index contributed by atoms with van der Waals surface area (Å²) in [6.45, 7) is 0. The van der Waals surface area contributed by atoms with E-state index in [0.717, 1.165) is 0 Å². The highest BCUT2D eigenvalue weighted by Crippen LogP contribution is 2.21. The minimum absolute atomic E-state index is 1.21. The predicted molar refractivity (Wildman–Crippen MR) is 60.1 cm³/mol. The van der Waals surface area contributed by atoms with Crippen LogP contribution in [-0.4, -0.2) is 18.7 Å². The third-order valence-corrected chi connectivity index (χ3v) is 2.25. The van der Waals surface area contributed by atoms with Gasteiger partial charge in [-0.3, -0.25) is 0 Å². The van der Waals surface area contributed by atoms with Gasteiger partial charge in [0.05, 0.1) is 11.4 Å². The molecule has 0 spiro atoms. The van der Waals surface area contributed by atoms with Gasteiger partial charge in [-0.15, -0.1) is 0 Å². The Morgan fingerprint density at radius 1 is 0.929 bits per heavy atom. The lowest BCUT2D eigenvalue weighted by Crippen LogP contribution is -2.11. The first-order valence-corrected chi connectivity index (χ1v) is 4.69. The fourth-order valence-corrected chi connectivity index (χ4v) is 1.56. The standard InChI is InChI=1S/C12H14N2/c1-13(2)11-7-3-4-8-12(11)14-9-5-6-10-14/h3-10H,1-2H3. The maximum absolute atomic E-state index is 2.12. The minimum atomic E-state index is 1.21. The molecule has 1 aromatic carbocycles. The van der Waals surface area contributed by atoms with E-state index < -0.39 is 0 Å². The molecule has 0 atom stereocenters. The van der Waals surface area contributed by atoms with Crippen LogP contribution in [0.4, 0.5) is 5.69 Å². The van der Waals surface area contributed by atoms with E-state index in [1.54, 1.807) is 0 Å². The molecule has 0 aliphatic rings. The van der Waals surface area contributed by atoms with E-state index in [9.17, 15) is 0 Å². The molecule has 2 aromatic rings. The first kappa shape index (κ1) is 8.88. The van der Waals surface area contributed by atoms with Crippen LogP contribution >= 0.6 is 0 Å². The molecular formula is C12H14N2. The highest BCUT2D eigenvalue weighted by Gasteiger charge is 2.03. The second-order valence-corrected chi connectivity index (χ2v) is 3.47. The zero-order valence-corrected chi connectivity index (χ0v) is 8.51. The summed E-state index contributed by atoms with van der Waals surface area (Å²) in [6, 6.07) is 12.4. The molecule has 0 bridgehead atoms. The summed E-state index contributed by atoms with van der Waals surface area (Å²) in [4.78, 5) is 2.12. The summed E-state index contributed by atoms with van der Waals surface area (Å²) >= 11 is 0. The second kappa shape index (κ2) is 3.58. The van der Waals surface area contributed by atoms with E-state index in [1.165, 1.54) is 11.4 Å². The Morgan fingerprint density at radius 3 is 2.21 bits per heavy atom. The van der Waals surface area contributed by atoms with Crippen LogP contribution in [0.25, 0.3) is 5.69 Å². The van der Waals surface area contributed by atoms with Crippen molar-refractivity contribution in [2.45, 2.75) is 0 Å². The number of hydrogen-bond donors (Lipinski definition) is 0. The van der Waals surface area contributed by atoms with E-state index in [2.05, 4.69) is 60.2 Å². The molecule has 0 N–H and O–H groups in total. The van der Waals surface area contributed by atoms with Crippen LogP contribution in [0.2, 0.25) is 0 Å². The van der Waals surface area contributed by atoms with E-state index in [1.807, 2.05) is 12.1 Å². The molecule has 0 unspecified atom stereocenters. The molecule has 1 aromatic heterocycles. The molecule has 0 aliphatic heterocycles. The summed E-state index contributed by atoms with van der Waals surface area (Å²) in [5.74, 6) is 0. The topological polar surface area (TPSA) is 8.17 Å². The van der Waals surface area contributed by atoms with Crippen molar-refractivity contribution in [3.05, 3.63) is 48.8 Å². The predicted octanol–water partition coefficient (Wildman–Crippen LogP) is 2.54. The average Bonchev–Trinajstić information content (AvgIpc) is 2.70.